The van der Waals surface area contributed by atoms with Gasteiger partial charge in [-0.15, -0.1) is 0 Å². The number of rotatable bonds is 7. The number of hydrogen-bond donors (Lipinski definition) is 3. The van der Waals surface area contributed by atoms with Gasteiger partial charge in [-0.05, 0) is 129 Å². The number of urea groups is 1. The van der Waals surface area contributed by atoms with Gasteiger partial charge in [-0.1, -0.05) is 76.3 Å². The van der Waals surface area contributed by atoms with Gasteiger partial charge >= 0.3 is 12.2 Å². The number of carbonyl (C=O) groups excluding carboxylic acids is 2. The summed E-state index contributed by atoms with van der Waals surface area (Å²) in [6.45, 7) is 9.86. The number of ketones is 1. The minimum Gasteiger partial charge on any atom is -0.393 e. The van der Waals surface area contributed by atoms with Crippen LogP contribution in [0.1, 0.15) is 108 Å². The number of hydrogen-bond acceptors (Lipinski definition) is 4. The van der Waals surface area contributed by atoms with Gasteiger partial charge in [0.1, 0.15) is 0 Å². The highest BCUT2D eigenvalue weighted by Crippen LogP contribution is 2.78. The number of allylic oxidation sites excluding steroid dienone is 4. The maximum absolute atomic E-state index is 14.9. The van der Waals surface area contributed by atoms with Crippen molar-refractivity contribution < 1.29 is 33.0 Å². The number of benzene rings is 2. The number of alkyl halides is 3. The number of amides is 2. The zero-order chi connectivity index (χ0) is 39.7. The maximum atomic E-state index is 14.9. The number of carbonyl (C=O) groups is 2. The van der Waals surface area contributed by atoms with Crippen molar-refractivity contribution in [2.45, 2.75) is 110 Å². The Kier molecular flexibility index (Phi) is 8.53. The van der Waals surface area contributed by atoms with Crippen LogP contribution in [-0.2, 0) is 6.18 Å². The molecule has 9 aliphatic carbocycles. The molecule has 2 spiro atoms. The van der Waals surface area contributed by atoms with E-state index in [-0.39, 0.29) is 40.8 Å². The quantitative estimate of drug-likeness (QED) is 0.193. The molecule has 2 amide bonds. The van der Waals surface area contributed by atoms with E-state index in [0.717, 1.165) is 43.7 Å². The molecule has 0 aliphatic heterocycles. The van der Waals surface area contributed by atoms with E-state index in [1.54, 1.807) is 0 Å². The van der Waals surface area contributed by atoms with E-state index in [9.17, 15) is 33.0 Å². The van der Waals surface area contributed by atoms with Crippen molar-refractivity contribution in [2.75, 3.05) is 18.4 Å². The first-order valence-electron chi connectivity index (χ1n) is 21.0. The Hall–Kier alpha value is -3.43. The summed E-state index contributed by atoms with van der Waals surface area (Å²) in [6, 6.07) is 14.0. The lowest BCUT2D eigenvalue weighted by Gasteiger charge is -2.71. The van der Waals surface area contributed by atoms with E-state index < -0.39 is 45.5 Å². The van der Waals surface area contributed by atoms with Crippen molar-refractivity contribution in [3.8, 4) is 0 Å². The number of fused-ring (bicyclic) bond motifs is 3. The van der Waals surface area contributed by atoms with Crippen LogP contribution in [0.2, 0.25) is 0 Å². The summed E-state index contributed by atoms with van der Waals surface area (Å²) in [5.41, 5.74) is -3.10. The summed E-state index contributed by atoms with van der Waals surface area (Å²) >= 11 is 0. The fourth-order valence-corrected chi connectivity index (χ4v) is 14.3. The largest absolute Gasteiger partial charge is 0.416 e. The summed E-state index contributed by atoms with van der Waals surface area (Å²) in [7, 11) is 0. The van der Waals surface area contributed by atoms with Crippen molar-refractivity contribution in [2.24, 2.45) is 56.7 Å². The molecule has 11 atom stereocenters. The number of nitrogens with one attached hydrogen (secondary N) is 1. The molecule has 0 heterocycles. The normalized spacial score (nSPS) is 41.4. The first-order chi connectivity index (χ1) is 26.4. The molecule has 0 saturated heterocycles. The molecule has 300 valence electrons. The van der Waals surface area contributed by atoms with Gasteiger partial charge in [-0.25, -0.2) is 4.79 Å². The predicted octanol–water partition coefficient (Wildman–Crippen LogP) is 10.1. The van der Waals surface area contributed by atoms with Crippen LogP contribution in [0.3, 0.4) is 0 Å². The molecular formula is C47H57F3N2O4. The molecule has 3 N–H and O–H groups in total. The van der Waals surface area contributed by atoms with E-state index in [1.165, 1.54) is 18.6 Å². The van der Waals surface area contributed by atoms with Crippen molar-refractivity contribution in [3.63, 3.8) is 0 Å². The molecule has 0 aromatic heterocycles. The van der Waals surface area contributed by atoms with Crippen LogP contribution in [0.4, 0.5) is 23.7 Å². The van der Waals surface area contributed by atoms with E-state index in [2.05, 4.69) is 45.2 Å². The first-order valence-corrected chi connectivity index (χ1v) is 21.0. The van der Waals surface area contributed by atoms with Gasteiger partial charge in [-0.3, -0.25) is 4.79 Å². The summed E-state index contributed by atoms with van der Waals surface area (Å²) < 4.78 is 42.0. The Bertz CT molecular complexity index is 1990. The molecule has 6 nitrogen and oxygen atoms in total. The van der Waals surface area contributed by atoms with E-state index in [0.29, 0.717) is 61.7 Å². The fraction of sp³-hybridized carbons (Fsp3) is 0.617. The van der Waals surface area contributed by atoms with Crippen molar-refractivity contribution in [1.29, 1.82) is 0 Å². The lowest BCUT2D eigenvalue weighted by atomic mass is 9.32. The van der Waals surface area contributed by atoms with Gasteiger partial charge in [-0.2, -0.15) is 13.2 Å². The summed E-state index contributed by atoms with van der Waals surface area (Å²) in [4.78, 5) is 31.2. The van der Waals surface area contributed by atoms with Crippen LogP contribution in [0.15, 0.2) is 78.4 Å². The average molecular weight is 771 g/mol. The Morgan fingerprint density at radius 1 is 0.875 bits per heavy atom. The smallest absolute Gasteiger partial charge is 0.393 e. The van der Waals surface area contributed by atoms with Gasteiger partial charge in [0.25, 0.3) is 0 Å². The Balaban J connectivity index is 1.10. The number of para-hydroxylation sites is 1. The first kappa shape index (κ1) is 38.1. The van der Waals surface area contributed by atoms with Crippen molar-refractivity contribution in [3.05, 3.63) is 89.5 Å². The predicted molar refractivity (Wildman–Crippen MR) is 209 cm³/mol. The fourth-order valence-electron chi connectivity index (χ4n) is 14.3. The third kappa shape index (κ3) is 5.27. The van der Waals surface area contributed by atoms with Crippen LogP contribution < -0.4 is 5.32 Å². The lowest BCUT2D eigenvalue weighted by Crippen LogP contribution is -2.67. The summed E-state index contributed by atoms with van der Waals surface area (Å²) in [5.74, 6) is 0.955. The maximum Gasteiger partial charge on any atom is 0.416 e. The van der Waals surface area contributed by atoms with Gasteiger partial charge in [0.05, 0.1) is 23.8 Å². The third-order valence-corrected chi connectivity index (χ3v) is 17.6. The topological polar surface area (TPSA) is 89.9 Å². The molecular weight excluding hydrogens is 714 g/mol. The van der Waals surface area contributed by atoms with Crippen molar-refractivity contribution in [1.82, 2.24) is 4.90 Å². The van der Waals surface area contributed by atoms with Crippen LogP contribution >= 0.6 is 0 Å². The third-order valence-electron chi connectivity index (χ3n) is 17.6. The van der Waals surface area contributed by atoms with Crippen LogP contribution in [-0.4, -0.2) is 51.7 Å². The number of Topliss-reactive ketones (excluding diaryl/α,β-unsaturated/α-hetero) is 1. The number of anilines is 1. The molecule has 6 fully saturated rings. The molecule has 9 heteroatoms. The van der Waals surface area contributed by atoms with E-state index >= 15 is 0 Å². The average Bonchev–Trinajstić information content (AvgIpc) is 3.44. The summed E-state index contributed by atoms with van der Waals surface area (Å²) in [5, 5.41) is 27.4. The standard InChI is InChI=1S/C47H57F3N2O4/c1-41(2)31-14-13-30(35(41)24-31)27-52(40(55)51-33-11-6-5-7-12-33)28-45(56)20-17-38-43(45,4)19-16-37-42(3)18-15-34(53)25-44(42)21-22-46(37,38)36(26-44)39(54)29-9-8-10-32(23-29)47(48,49)50/h5-12,21-23,26,30-31,34-35,37-38,53,56H,13-20,24-25,27-28H2,1-4H3,(H,51,55)/t30-,31-,34?,35-,37+,38+,42+,43-,44-,45+,46+/m0/s1. The molecule has 11 rings (SSSR count). The molecule has 1 unspecified atom stereocenters. The van der Waals surface area contributed by atoms with Gasteiger partial charge in [0.15, 0.2) is 5.78 Å². The second kappa shape index (κ2) is 12.5. The van der Waals surface area contributed by atoms with Gasteiger partial charge in [0, 0.05) is 39.6 Å². The number of nitrogens with zero attached hydrogens (tertiary/aromatic N) is 1. The number of aliphatic hydroxyl groups is 2. The van der Waals surface area contributed by atoms with Gasteiger partial charge < -0.3 is 20.4 Å². The zero-order valence-electron chi connectivity index (χ0n) is 33.2. The Labute approximate surface area is 329 Å². The SMILES string of the molecule is CC1(C)[C@H]2CC[C@@H](CN(C[C@]3(O)CC[C@H]4[C@]56C=C[C@@]7(C=C5C(=O)c5cccc(C(F)(F)F)c5)CC(O)CC[C@]7(C)[C@H]6CC[C@@]43C)C(=O)Nc3ccccc3)[C@@H]1C2. The lowest BCUT2D eigenvalue weighted by molar-refractivity contribution is -0.176. The highest BCUT2D eigenvalue weighted by Gasteiger charge is 2.74. The highest BCUT2D eigenvalue weighted by molar-refractivity contribution is 6.10. The number of halogens is 3. The molecule has 4 bridgehead atoms. The molecule has 56 heavy (non-hydrogen) atoms. The zero-order valence-corrected chi connectivity index (χ0v) is 33.2. The minimum atomic E-state index is -4.60. The summed E-state index contributed by atoms with van der Waals surface area (Å²) in [6.07, 6.45) is 9.02. The Morgan fingerprint density at radius 3 is 2.30 bits per heavy atom. The van der Waals surface area contributed by atoms with E-state index in [4.69, 9.17) is 0 Å². The van der Waals surface area contributed by atoms with Gasteiger partial charge in [0.2, 0.25) is 0 Å². The Morgan fingerprint density at radius 2 is 1.59 bits per heavy atom. The molecule has 6 saturated carbocycles. The molecule has 9 aliphatic rings. The number of aliphatic hydroxyl groups excluding tert-OH is 1. The molecule has 2 aromatic carbocycles. The second-order valence-electron chi connectivity index (χ2n) is 20.1. The monoisotopic (exact) mass is 770 g/mol. The van der Waals surface area contributed by atoms with E-state index in [1.807, 2.05) is 41.3 Å². The highest BCUT2D eigenvalue weighted by atomic mass is 19.4. The second-order valence-corrected chi connectivity index (χ2v) is 20.1. The van der Waals surface area contributed by atoms with Crippen LogP contribution in [0.25, 0.3) is 0 Å². The molecule has 2 aromatic rings. The van der Waals surface area contributed by atoms with Crippen molar-refractivity contribution >= 4 is 17.5 Å². The minimum absolute atomic E-state index is 0.00353. The molecule has 0 radical (unpaired) electrons. The van der Waals surface area contributed by atoms with Crippen LogP contribution in [0.5, 0.6) is 0 Å². The van der Waals surface area contributed by atoms with Crippen LogP contribution in [0, 0.1) is 56.7 Å².